The largest absolute Gasteiger partial charge is 0.481 e. The first-order valence-corrected chi connectivity index (χ1v) is 7.11. The molecule has 20 heavy (non-hydrogen) atoms. The lowest BCUT2D eigenvalue weighted by atomic mass is 10.2. The number of thioether (sulfide) groups is 1. The summed E-state index contributed by atoms with van der Waals surface area (Å²) in [5.41, 5.74) is 0.815. The molecule has 106 valence electrons. The summed E-state index contributed by atoms with van der Waals surface area (Å²) in [7, 11) is 0. The smallest absolute Gasteiger partial charge is 0.313 e. The van der Waals surface area contributed by atoms with E-state index in [1.807, 2.05) is 4.57 Å². The number of hydrogen-bond donors (Lipinski definition) is 1. The van der Waals surface area contributed by atoms with Gasteiger partial charge >= 0.3 is 5.97 Å². The molecular weight excluding hydrogens is 278 g/mol. The first-order chi connectivity index (χ1) is 9.58. The lowest BCUT2D eigenvalue weighted by Crippen LogP contribution is -2.09. The Morgan fingerprint density at radius 1 is 1.40 bits per heavy atom. The van der Waals surface area contributed by atoms with E-state index in [0.717, 1.165) is 5.56 Å². The Morgan fingerprint density at radius 2 is 2.20 bits per heavy atom. The van der Waals surface area contributed by atoms with Crippen molar-refractivity contribution in [1.29, 1.82) is 0 Å². The molecule has 0 aliphatic carbocycles. The van der Waals surface area contributed by atoms with Gasteiger partial charge in [-0.2, -0.15) is 10.2 Å². The monoisotopic (exact) mass is 293 g/mol. The number of aliphatic carboxylic acids is 1. The van der Waals surface area contributed by atoms with E-state index in [0.29, 0.717) is 23.4 Å². The number of carbonyl (C=O) groups is 1. The van der Waals surface area contributed by atoms with Gasteiger partial charge in [-0.3, -0.25) is 4.79 Å². The highest BCUT2D eigenvalue weighted by Gasteiger charge is 2.16. The Bertz CT molecular complexity index is 585. The molecule has 2 heterocycles. The van der Waals surface area contributed by atoms with Crippen LogP contribution in [0, 0.1) is 5.92 Å². The van der Waals surface area contributed by atoms with Gasteiger partial charge in [0.1, 0.15) is 0 Å². The van der Waals surface area contributed by atoms with Crippen molar-refractivity contribution in [3.8, 4) is 11.4 Å². The Hall–Kier alpha value is -1.96. The minimum atomic E-state index is -0.874. The Labute approximate surface area is 120 Å². The maximum Gasteiger partial charge on any atom is 0.313 e. The van der Waals surface area contributed by atoms with E-state index in [2.05, 4.69) is 34.2 Å². The average molecular weight is 293 g/mol. The van der Waals surface area contributed by atoms with E-state index in [4.69, 9.17) is 5.11 Å². The molecule has 0 aliphatic rings. The van der Waals surface area contributed by atoms with Crippen LogP contribution >= 0.6 is 11.8 Å². The van der Waals surface area contributed by atoms with Gasteiger partial charge in [-0.05, 0) is 12.0 Å². The number of nitrogens with zero attached hydrogens (tertiary/aromatic N) is 5. The van der Waals surface area contributed by atoms with Crippen LogP contribution < -0.4 is 0 Å². The Morgan fingerprint density at radius 3 is 2.80 bits per heavy atom. The predicted molar refractivity (Wildman–Crippen MR) is 74.2 cm³/mol. The zero-order valence-electron chi connectivity index (χ0n) is 11.2. The molecule has 8 heteroatoms. The zero-order chi connectivity index (χ0) is 14.5. The molecule has 2 aromatic heterocycles. The van der Waals surface area contributed by atoms with Crippen LogP contribution in [0.25, 0.3) is 11.4 Å². The molecule has 0 bridgehead atoms. The van der Waals surface area contributed by atoms with Crippen molar-refractivity contribution in [2.24, 2.45) is 5.92 Å². The molecule has 0 atom stereocenters. The van der Waals surface area contributed by atoms with Gasteiger partial charge in [0.05, 0.1) is 18.1 Å². The van der Waals surface area contributed by atoms with E-state index in [1.54, 1.807) is 18.5 Å². The van der Waals surface area contributed by atoms with E-state index in [-0.39, 0.29) is 5.75 Å². The van der Waals surface area contributed by atoms with Gasteiger partial charge < -0.3 is 9.67 Å². The molecule has 0 radical (unpaired) electrons. The third-order valence-corrected chi connectivity index (χ3v) is 3.38. The predicted octanol–water partition coefficient (Wildman–Crippen LogP) is 1.57. The number of carboxylic acid groups (broad SMARTS) is 1. The molecule has 7 nitrogen and oxygen atoms in total. The van der Waals surface area contributed by atoms with Crippen molar-refractivity contribution >= 4 is 17.7 Å². The molecule has 0 amide bonds. The van der Waals surface area contributed by atoms with Crippen LogP contribution in [0.15, 0.2) is 23.6 Å². The van der Waals surface area contributed by atoms with Gasteiger partial charge in [-0.1, -0.05) is 25.6 Å². The second-order valence-electron chi connectivity index (χ2n) is 4.62. The van der Waals surface area contributed by atoms with Crippen molar-refractivity contribution in [3.05, 3.63) is 18.5 Å². The van der Waals surface area contributed by atoms with Gasteiger partial charge in [0, 0.05) is 12.1 Å². The van der Waals surface area contributed by atoms with Gasteiger partial charge in [0.15, 0.2) is 11.0 Å². The van der Waals surface area contributed by atoms with Crippen molar-refractivity contribution in [2.45, 2.75) is 25.5 Å². The summed E-state index contributed by atoms with van der Waals surface area (Å²) >= 11 is 1.17. The molecule has 0 saturated heterocycles. The molecule has 1 N–H and O–H groups in total. The van der Waals surface area contributed by atoms with Crippen LogP contribution in [0.1, 0.15) is 13.8 Å². The normalized spacial score (nSPS) is 10.9. The first-order valence-electron chi connectivity index (χ1n) is 6.12. The average Bonchev–Trinajstić information content (AvgIpc) is 2.79. The topological polar surface area (TPSA) is 93.8 Å². The summed E-state index contributed by atoms with van der Waals surface area (Å²) in [5.74, 6) is 0.164. The third-order valence-electron chi connectivity index (χ3n) is 2.43. The van der Waals surface area contributed by atoms with E-state index < -0.39 is 5.97 Å². The molecule has 0 aliphatic heterocycles. The fourth-order valence-electron chi connectivity index (χ4n) is 1.69. The minimum Gasteiger partial charge on any atom is -0.481 e. The number of carboxylic acids is 1. The maximum absolute atomic E-state index is 10.7. The summed E-state index contributed by atoms with van der Waals surface area (Å²) in [6.45, 7) is 4.88. The van der Waals surface area contributed by atoms with Gasteiger partial charge in [0.2, 0.25) is 0 Å². The highest BCUT2D eigenvalue weighted by molar-refractivity contribution is 7.99. The summed E-state index contributed by atoms with van der Waals surface area (Å²) in [4.78, 5) is 10.7. The lowest BCUT2D eigenvalue weighted by molar-refractivity contribution is -0.133. The standard InChI is InChI=1S/C12H15N5O2S/c1-8(2)6-17-11(9-3-4-13-14-5-9)15-16-12(17)20-7-10(18)19/h3-5,8H,6-7H2,1-2H3,(H,18,19). The molecule has 2 aromatic rings. The highest BCUT2D eigenvalue weighted by atomic mass is 32.2. The SMILES string of the molecule is CC(C)Cn1c(SCC(=O)O)nnc1-c1ccnnc1. The molecule has 0 fully saturated rings. The third kappa shape index (κ3) is 3.53. The van der Waals surface area contributed by atoms with Crippen molar-refractivity contribution < 1.29 is 9.90 Å². The fourth-order valence-corrected chi connectivity index (χ4v) is 2.36. The number of hydrogen-bond acceptors (Lipinski definition) is 6. The number of rotatable bonds is 6. The first kappa shape index (κ1) is 14.4. The van der Waals surface area contributed by atoms with E-state index >= 15 is 0 Å². The Balaban J connectivity index is 2.34. The molecule has 0 unspecified atom stereocenters. The second kappa shape index (κ2) is 6.47. The van der Waals surface area contributed by atoms with Crippen molar-refractivity contribution in [2.75, 3.05) is 5.75 Å². The summed E-state index contributed by atoms with van der Waals surface area (Å²) < 4.78 is 1.93. The van der Waals surface area contributed by atoms with Crippen molar-refractivity contribution in [3.63, 3.8) is 0 Å². The molecule has 2 rings (SSSR count). The van der Waals surface area contributed by atoms with Gasteiger partial charge in [0.25, 0.3) is 0 Å². The molecule has 0 spiro atoms. The van der Waals surface area contributed by atoms with Crippen LogP contribution in [0.2, 0.25) is 0 Å². The quantitative estimate of drug-likeness (QED) is 0.808. The van der Waals surface area contributed by atoms with Gasteiger partial charge in [-0.15, -0.1) is 10.2 Å². The van der Waals surface area contributed by atoms with Crippen LogP contribution in [0.5, 0.6) is 0 Å². The number of aromatic nitrogens is 5. The maximum atomic E-state index is 10.7. The van der Waals surface area contributed by atoms with Crippen LogP contribution in [-0.2, 0) is 11.3 Å². The van der Waals surface area contributed by atoms with Crippen molar-refractivity contribution in [1.82, 2.24) is 25.0 Å². The van der Waals surface area contributed by atoms with E-state index in [1.165, 1.54) is 11.8 Å². The van der Waals surface area contributed by atoms with Crippen LogP contribution in [0.3, 0.4) is 0 Å². The molecular formula is C12H15N5O2S. The van der Waals surface area contributed by atoms with Gasteiger partial charge in [-0.25, -0.2) is 0 Å². The molecule has 0 aromatic carbocycles. The molecule has 0 saturated carbocycles. The summed E-state index contributed by atoms with van der Waals surface area (Å²) in [5, 5.41) is 25.2. The second-order valence-corrected chi connectivity index (χ2v) is 5.57. The summed E-state index contributed by atoms with van der Waals surface area (Å²) in [6.07, 6.45) is 3.21. The van der Waals surface area contributed by atoms with Crippen LogP contribution in [0.4, 0.5) is 0 Å². The van der Waals surface area contributed by atoms with E-state index in [9.17, 15) is 4.79 Å². The van der Waals surface area contributed by atoms with Crippen LogP contribution in [-0.4, -0.2) is 41.8 Å². The zero-order valence-corrected chi connectivity index (χ0v) is 12.0. The highest BCUT2D eigenvalue weighted by Crippen LogP contribution is 2.24. The lowest BCUT2D eigenvalue weighted by Gasteiger charge is -2.11. The fraction of sp³-hybridized carbons (Fsp3) is 0.417. The Kier molecular flexibility index (Phi) is 4.67. The summed E-state index contributed by atoms with van der Waals surface area (Å²) in [6, 6.07) is 1.81. The minimum absolute atomic E-state index is 0.0369.